The molecule has 2 aromatic rings. The van der Waals surface area contributed by atoms with Gasteiger partial charge in [0.25, 0.3) is 5.56 Å². The van der Waals surface area contributed by atoms with Crippen LogP contribution in [-0.4, -0.2) is 40.1 Å². The van der Waals surface area contributed by atoms with Crippen LogP contribution in [0.3, 0.4) is 0 Å². The molecule has 7 nitrogen and oxygen atoms in total. The summed E-state index contributed by atoms with van der Waals surface area (Å²) < 4.78 is 0.933. The highest BCUT2D eigenvalue weighted by atomic mass is 16.4. The van der Waals surface area contributed by atoms with Crippen molar-refractivity contribution in [2.45, 2.75) is 0 Å². The number of carbonyl (C=O) groups is 1. The van der Waals surface area contributed by atoms with E-state index in [-0.39, 0.29) is 0 Å². The Bertz CT molecular complexity index is 705. The molecule has 0 saturated heterocycles. The highest BCUT2D eigenvalue weighted by Gasteiger charge is 2.15. The minimum absolute atomic E-state index is 0.420. The van der Waals surface area contributed by atoms with E-state index in [1.165, 1.54) is 0 Å². The van der Waals surface area contributed by atoms with Crippen LogP contribution in [0.25, 0.3) is 5.69 Å². The van der Waals surface area contributed by atoms with E-state index < -0.39 is 23.0 Å². The highest BCUT2D eigenvalue weighted by Crippen LogP contribution is 2.16. The van der Waals surface area contributed by atoms with Crippen LogP contribution in [0.1, 0.15) is 10.5 Å². The van der Waals surface area contributed by atoms with Crippen LogP contribution in [0.15, 0.2) is 35.1 Å². The molecule has 1 aromatic carbocycles. The van der Waals surface area contributed by atoms with E-state index in [2.05, 4.69) is 5.10 Å². The minimum atomic E-state index is -1.40. The van der Waals surface area contributed by atoms with E-state index in [0.29, 0.717) is 5.69 Å². The minimum Gasteiger partial charge on any atom is -0.505 e. The lowest BCUT2D eigenvalue weighted by Crippen LogP contribution is -2.23. The van der Waals surface area contributed by atoms with Crippen LogP contribution < -0.4 is 10.5 Å². The van der Waals surface area contributed by atoms with Crippen LogP contribution in [0.4, 0.5) is 5.69 Å². The fourth-order valence-corrected chi connectivity index (χ4v) is 1.68. The van der Waals surface area contributed by atoms with E-state index in [1.807, 2.05) is 19.0 Å². The highest BCUT2D eigenvalue weighted by molar-refractivity contribution is 5.88. The number of hydrogen-bond donors (Lipinski definition) is 2. The molecule has 0 amide bonds. The number of hydrogen-bond acceptors (Lipinski definition) is 5. The van der Waals surface area contributed by atoms with Crippen molar-refractivity contribution in [3.05, 3.63) is 46.4 Å². The molecule has 0 spiro atoms. The predicted molar refractivity (Wildman–Crippen MR) is 72.8 cm³/mol. The number of aromatic carboxylic acids is 1. The number of benzene rings is 1. The van der Waals surface area contributed by atoms with Crippen molar-refractivity contribution in [1.82, 2.24) is 9.78 Å². The number of nitrogens with zero attached hydrogens (tertiary/aromatic N) is 3. The Morgan fingerprint density at radius 3 is 2.35 bits per heavy atom. The van der Waals surface area contributed by atoms with E-state index >= 15 is 0 Å². The zero-order valence-electron chi connectivity index (χ0n) is 10.9. The molecule has 20 heavy (non-hydrogen) atoms. The molecule has 0 unspecified atom stereocenters. The molecule has 0 aliphatic rings. The summed E-state index contributed by atoms with van der Waals surface area (Å²) in [5.74, 6) is -2.05. The van der Waals surface area contributed by atoms with Gasteiger partial charge in [-0.3, -0.25) is 4.79 Å². The molecular formula is C13H13N3O4. The van der Waals surface area contributed by atoms with Crippen molar-refractivity contribution in [3.63, 3.8) is 0 Å². The standard InChI is InChI=1S/C13H13N3O4/c1-15(2)8-3-5-9(6-4-8)16-11(18)7-10(17)12(14-16)13(19)20/h3-7,17H,1-2H3,(H,19,20). The van der Waals surface area contributed by atoms with Crippen LogP contribution in [-0.2, 0) is 0 Å². The first-order valence-corrected chi connectivity index (χ1v) is 5.74. The molecule has 7 heteroatoms. The van der Waals surface area contributed by atoms with Gasteiger partial charge in [0, 0.05) is 25.8 Å². The van der Waals surface area contributed by atoms with Crippen molar-refractivity contribution in [2.75, 3.05) is 19.0 Å². The first kappa shape index (κ1) is 13.6. The van der Waals surface area contributed by atoms with Crippen LogP contribution in [0.2, 0.25) is 0 Å². The van der Waals surface area contributed by atoms with E-state index in [9.17, 15) is 14.7 Å². The lowest BCUT2D eigenvalue weighted by atomic mass is 10.2. The topological polar surface area (TPSA) is 95.7 Å². The summed E-state index contributed by atoms with van der Waals surface area (Å²) in [5.41, 5.74) is 0.175. The number of rotatable bonds is 3. The van der Waals surface area contributed by atoms with E-state index in [0.717, 1.165) is 16.4 Å². The summed E-state index contributed by atoms with van der Waals surface area (Å²) >= 11 is 0. The quantitative estimate of drug-likeness (QED) is 0.856. The van der Waals surface area contributed by atoms with Gasteiger partial charge in [-0.15, -0.1) is 0 Å². The molecule has 0 aliphatic carbocycles. The smallest absolute Gasteiger partial charge is 0.360 e. The maximum atomic E-state index is 11.8. The summed E-state index contributed by atoms with van der Waals surface area (Å²) in [6, 6.07) is 7.67. The molecule has 2 rings (SSSR count). The number of carboxylic acid groups (broad SMARTS) is 1. The molecule has 0 saturated carbocycles. The van der Waals surface area contributed by atoms with Gasteiger partial charge in [-0.2, -0.15) is 9.78 Å². The first-order valence-electron chi connectivity index (χ1n) is 5.74. The molecule has 0 fully saturated rings. The average molecular weight is 275 g/mol. The fourth-order valence-electron chi connectivity index (χ4n) is 1.68. The molecule has 104 valence electrons. The number of anilines is 1. The lowest BCUT2D eigenvalue weighted by Gasteiger charge is -2.13. The van der Waals surface area contributed by atoms with E-state index in [1.54, 1.807) is 24.3 Å². The second kappa shape index (κ2) is 5.04. The van der Waals surface area contributed by atoms with Crippen LogP contribution in [0.5, 0.6) is 5.75 Å². The number of aromatic hydroxyl groups is 1. The number of aromatic nitrogens is 2. The van der Waals surface area contributed by atoms with Crippen molar-refractivity contribution in [3.8, 4) is 11.4 Å². The van der Waals surface area contributed by atoms with Crippen molar-refractivity contribution in [2.24, 2.45) is 0 Å². The summed E-state index contributed by atoms with van der Waals surface area (Å²) in [7, 11) is 3.75. The zero-order chi connectivity index (χ0) is 14.9. The van der Waals surface area contributed by atoms with Gasteiger partial charge in [0.15, 0.2) is 5.75 Å². The number of carboxylic acids is 1. The fraction of sp³-hybridized carbons (Fsp3) is 0.154. The summed E-state index contributed by atoms with van der Waals surface area (Å²) in [5, 5.41) is 21.9. The Hall–Kier alpha value is -2.83. The summed E-state index contributed by atoms with van der Waals surface area (Å²) in [6.45, 7) is 0. The maximum absolute atomic E-state index is 11.8. The van der Waals surface area contributed by atoms with Crippen molar-refractivity contribution in [1.29, 1.82) is 0 Å². The maximum Gasteiger partial charge on any atom is 0.360 e. The molecule has 0 bridgehead atoms. The van der Waals surface area contributed by atoms with Gasteiger partial charge >= 0.3 is 5.97 Å². The Morgan fingerprint density at radius 2 is 1.85 bits per heavy atom. The van der Waals surface area contributed by atoms with Gasteiger partial charge in [0.2, 0.25) is 5.69 Å². The van der Waals surface area contributed by atoms with Crippen molar-refractivity contribution < 1.29 is 15.0 Å². The predicted octanol–water partition coefficient (Wildman–Crippen LogP) is 0.702. The van der Waals surface area contributed by atoms with Gasteiger partial charge in [-0.25, -0.2) is 4.79 Å². The van der Waals surface area contributed by atoms with Gasteiger partial charge in [0.05, 0.1) is 5.69 Å². The third kappa shape index (κ3) is 2.46. The van der Waals surface area contributed by atoms with Crippen LogP contribution >= 0.6 is 0 Å². The Morgan fingerprint density at radius 1 is 1.25 bits per heavy atom. The van der Waals surface area contributed by atoms with Crippen molar-refractivity contribution >= 4 is 11.7 Å². The molecule has 0 atom stereocenters. The lowest BCUT2D eigenvalue weighted by molar-refractivity contribution is 0.0684. The van der Waals surface area contributed by atoms with Gasteiger partial charge in [-0.05, 0) is 24.3 Å². The largest absolute Gasteiger partial charge is 0.505 e. The second-order valence-electron chi connectivity index (χ2n) is 4.34. The van der Waals surface area contributed by atoms with Gasteiger partial charge < -0.3 is 15.1 Å². The average Bonchev–Trinajstić information content (AvgIpc) is 2.38. The first-order chi connectivity index (χ1) is 9.40. The third-order valence-electron chi connectivity index (χ3n) is 2.72. The van der Waals surface area contributed by atoms with Gasteiger partial charge in [0.1, 0.15) is 0 Å². The Labute approximate surface area is 114 Å². The molecule has 2 N–H and O–H groups in total. The van der Waals surface area contributed by atoms with Gasteiger partial charge in [-0.1, -0.05) is 0 Å². The summed E-state index contributed by atoms with van der Waals surface area (Å²) in [4.78, 5) is 24.6. The Kier molecular flexibility index (Phi) is 3.43. The second-order valence-corrected chi connectivity index (χ2v) is 4.34. The van der Waals surface area contributed by atoms with Crippen LogP contribution in [0, 0.1) is 0 Å². The van der Waals surface area contributed by atoms with E-state index in [4.69, 9.17) is 5.11 Å². The molecule has 0 aliphatic heterocycles. The summed E-state index contributed by atoms with van der Waals surface area (Å²) in [6.07, 6.45) is 0. The third-order valence-corrected chi connectivity index (χ3v) is 2.72. The SMILES string of the molecule is CN(C)c1ccc(-n2nc(C(=O)O)c(O)cc2=O)cc1. The zero-order valence-corrected chi connectivity index (χ0v) is 10.9. The normalized spacial score (nSPS) is 10.3. The monoisotopic (exact) mass is 275 g/mol. The molecule has 1 aromatic heterocycles. The molecular weight excluding hydrogens is 262 g/mol. The Balaban J connectivity index is 2.55. The molecule has 1 heterocycles. The molecule has 0 radical (unpaired) electrons.